The fraction of sp³-hybridized carbons (Fsp3) is 0.364. The fourth-order valence-corrected chi connectivity index (χ4v) is 5.04. The van der Waals surface area contributed by atoms with Gasteiger partial charge in [-0.2, -0.15) is 0 Å². The molecule has 0 spiro atoms. The van der Waals surface area contributed by atoms with Gasteiger partial charge in [0.1, 0.15) is 6.04 Å². The number of carbonyl (C=O) groups is 2. The molecule has 0 radical (unpaired) electrons. The van der Waals surface area contributed by atoms with Gasteiger partial charge in [-0.05, 0) is 63.4 Å². The van der Waals surface area contributed by atoms with Gasteiger partial charge in [0, 0.05) is 24.3 Å². The van der Waals surface area contributed by atoms with Gasteiger partial charge in [0.2, 0.25) is 5.91 Å². The molecule has 30 heavy (non-hydrogen) atoms. The molecule has 7 nitrogen and oxygen atoms in total. The zero-order valence-electron chi connectivity index (χ0n) is 17.4. The van der Waals surface area contributed by atoms with Crippen LogP contribution in [0.15, 0.2) is 47.4 Å². The zero-order chi connectivity index (χ0) is 21.9. The molecular formula is C22H27N3O4S. The number of likely N-dealkylation sites (tertiary alicyclic amines) is 1. The van der Waals surface area contributed by atoms with Crippen LogP contribution in [-0.2, 0) is 14.8 Å². The van der Waals surface area contributed by atoms with E-state index in [0.29, 0.717) is 36.3 Å². The molecule has 1 heterocycles. The molecule has 1 fully saturated rings. The maximum atomic E-state index is 13.0. The van der Waals surface area contributed by atoms with E-state index < -0.39 is 16.1 Å². The third-order valence-corrected chi connectivity index (χ3v) is 6.69. The second-order valence-electron chi connectivity index (χ2n) is 7.51. The summed E-state index contributed by atoms with van der Waals surface area (Å²) < 4.78 is 28.2. The van der Waals surface area contributed by atoms with Crippen molar-refractivity contribution in [2.45, 2.75) is 44.6 Å². The first-order chi connectivity index (χ1) is 14.2. The summed E-state index contributed by atoms with van der Waals surface area (Å²) in [5, 5.41) is 2.77. The van der Waals surface area contributed by atoms with Crippen LogP contribution < -0.4 is 10.0 Å². The van der Waals surface area contributed by atoms with Crippen molar-refractivity contribution in [3.63, 3.8) is 0 Å². The van der Waals surface area contributed by atoms with Gasteiger partial charge < -0.3 is 10.2 Å². The van der Waals surface area contributed by atoms with Crippen LogP contribution in [0, 0.1) is 13.8 Å². The smallest absolute Gasteiger partial charge is 0.262 e. The molecule has 1 saturated heterocycles. The Labute approximate surface area is 177 Å². The van der Waals surface area contributed by atoms with Gasteiger partial charge >= 0.3 is 0 Å². The minimum atomic E-state index is -3.79. The fourth-order valence-electron chi connectivity index (χ4n) is 3.77. The number of aryl methyl sites for hydroxylation is 2. The molecule has 0 bridgehead atoms. The van der Waals surface area contributed by atoms with Crippen molar-refractivity contribution in [3.05, 3.63) is 59.2 Å². The first-order valence-corrected chi connectivity index (χ1v) is 11.5. The van der Waals surface area contributed by atoms with E-state index in [1.165, 1.54) is 6.07 Å². The van der Waals surface area contributed by atoms with Gasteiger partial charge in [-0.15, -0.1) is 0 Å². The van der Waals surface area contributed by atoms with Crippen molar-refractivity contribution in [1.29, 1.82) is 0 Å². The molecule has 2 N–H and O–H groups in total. The highest BCUT2D eigenvalue weighted by Gasteiger charge is 2.34. The standard InChI is InChI=1S/C22H27N3O4S/c1-4-23-21(26)19-9-6-12-25(19)22(27)17-7-5-8-18(14-17)24-30(28,29)20-11-10-15(2)13-16(20)3/h5,7-8,10-11,13-14,19,24H,4,6,9,12H2,1-3H3,(H,23,26). The average molecular weight is 430 g/mol. The summed E-state index contributed by atoms with van der Waals surface area (Å²) in [5.41, 5.74) is 2.27. The predicted molar refractivity (Wildman–Crippen MR) is 116 cm³/mol. The van der Waals surface area contributed by atoms with Gasteiger partial charge in [0.15, 0.2) is 0 Å². The Hall–Kier alpha value is -2.87. The number of nitrogens with one attached hydrogen (secondary N) is 2. The molecule has 1 aliphatic rings. The Morgan fingerprint density at radius 3 is 2.60 bits per heavy atom. The monoisotopic (exact) mass is 429 g/mol. The molecule has 1 atom stereocenters. The first kappa shape index (κ1) is 21.8. The minimum absolute atomic E-state index is 0.157. The van der Waals surface area contributed by atoms with Crippen LogP contribution in [0.4, 0.5) is 5.69 Å². The van der Waals surface area contributed by atoms with Crippen molar-refractivity contribution < 1.29 is 18.0 Å². The van der Waals surface area contributed by atoms with E-state index in [-0.39, 0.29) is 16.7 Å². The predicted octanol–water partition coefficient (Wildman–Crippen LogP) is 2.84. The Bertz CT molecular complexity index is 1070. The van der Waals surface area contributed by atoms with Crippen LogP contribution in [0.3, 0.4) is 0 Å². The third-order valence-electron chi connectivity index (χ3n) is 5.15. The Kier molecular flexibility index (Phi) is 6.45. The number of rotatable bonds is 6. The first-order valence-electron chi connectivity index (χ1n) is 10.0. The van der Waals surface area contributed by atoms with Crippen LogP contribution in [0.1, 0.15) is 41.3 Å². The highest BCUT2D eigenvalue weighted by atomic mass is 32.2. The number of benzene rings is 2. The van der Waals surface area contributed by atoms with Crippen LogP contribution >= 0.6 is 0 Å². The van der Waals surface area contributed by atoms with Gasteiger partial charge in [-0.1, -0.05) is 23.8 Å². The molecule has 1 aliphatic heterocycles. The molecule has 2 aromatic carbocycles. The van der Waals surface area contributed by atoms with Crippen molar-refractivity contribution >= 4 is 27.5 Å². The number of anilines is 1. The lowest BCUT2D eigenvalue weighted by molar-refractivity contribution is -0.124. The van der Waals surface area contributed by atoms with Gasteiger partial charge in [-0.25, -0.2) is 8.42 Å². The van der Waals surface area contributed by atoms with E-state index >= 15 is 0 Å². The third kappa shape index (κ3) is 4.64. The van der Waals surface area contributed by atoms with Crippen molar-refractivity contribution in [3.8, 4) is 0 Å². The Morgan fingerprint density at radius 2 is 1.90 bits per heavy atom. The van der Waals surface area contributed by atoms with Crippen LogP contribution in [0.25, 0.3) is 0 Å². The lowest BCUT2D eigenvalue weighted by Crippen LogP contribution is -2.45. The molecule has 1 unspecified atom stereocenters. The van der Waals surface area contributed by atoms with Gasteiger partial charge in [0.25, 0.3) is 15.9 Å². The molecule has 160 valence electrons. The minimum Gasteiger partial charge on any atom is -0.355 e. The summed E-state index contributed by atoms with van der Waals surface area (Å²) in [6.45, 7) is 6.49. The van der Waals surface area contributed by atoms with E-state index in [2.05, 4.69) is 10.0 Å². The molecule has 0 aliphatic carbocycles. The summed E-state index contributed by atoms with van der Waals surface area (Å²) in [7, 11) is -3.79. The van der Waals surface area contributed by atoms with E-state index in [4.69, 9.17) is 0 Å². The molecular weight excluding hydrogens is 402 g/mol. The molecule has 0 aromatic heterocycles. The number of nitrogens with zero attached hydrogens (tertiary/aromatic N) is 1. The van der Waals surface area contributed by atoms with Gasteiger partial charge in [0.05, 0.1) is 4.90 Å². The molecule has 8 heteroatoms. The maximum absolute atomic E-state index is 13.0. The number of sulfonamides is 1. The second kappa shape index (κ2) is 8.87. The van der Waals surface area contributed by atoms with E-state index in [0.717, 1.165) is 12.0 Å². The summed E-state index contributed by atoms with van der Waals surface area (Å²) in [5.74, 6) is -0.439. The molecule has 2 amide bonds. The summed E-state index contributed by atoms with van der Waals surface area (Å²) >= 11 is 0. The summed E-state index contributed by atoms with van der Waals surface area (Å²) in [6, 6.07) is 11.0. The number of hydrogen-bond donors (Lipinski definition) is 2. The van der Waals surface area contributed by atoms with Crippen molar-refractivity contribution in [1.82, 2.24) is 10.2 Å². The molecule has 3 rings (SSSR count). The Morgan fingerprint density at radius 1 is 1.13 bits per heavy atom. The number of amides is 2. The van der Waals surface area contributed by atoms with E-state index in [1.807, 2.05) is 19.9 Å². The quantitative estimate of drug-likeness (QED) is 0.738. The maximum Gasteiger partial charge on any atom is 0.262 e. The number of carbonyl (C=O) groups excluding carboxylic acids is 2. The lowest BCUT2D eigenvalue weighted by Gasteiger charge is -2.24. The van der Waals surface area contributed by atoms with E-state index in [9.17, 15) is 18.0 Å². The van der Waals surface area contributed by atoms with Crippen LogP contribution in [0.2, 0.25) is 0 Å². The molecule has 0 saturated carbocycles. The molecule has 2 aromatic rings. The van der Waals surface area contributed by atoms with Crippen LogP contribution in [-0.4, -0.2) is 44.3 Å². The van der Waals surface area contributed by atoms with Crippen LogP contribution in [0.5, 0.6) is 0 Å². The normalized spacial score (nSPS) is 16.4. The zero-order valence-corrected chi connectivity index (χ0v) is 18.3. The average Bonchev–Trinajstić information content (AvgIpc) is 3.17. The Balaban J connectivity index is 1.82. The summed E-state index contributed by atoms with van der Waals surface area (Å²) in [6.07, 6.45) is 1.38. The lowest BCUT2D eigenvalue weighted by atomic mass is 10.1. The second-order valence-corrected chi connectivity index (χ2v) is 9.16. The highest BCUT2D eigenvalue weighted by Crippen LogP contribution is 2.24. The highest BCUT2D eigenvalue weighted by molar-refractivity contribution is 7.92. The topological polar surface area (TPSA) is 95.6 Å². The van der Waals surface area contributed by atoms with Crippen molar-refractivity contribution in [2.24, 2.45) is 0 Å². The van der Waals surface area contributed by atoms with E-state index in [1.54, 1.807) is 42.2 Å². The van der Waals surface area contributed by atoms with Crippen molar-refractivity contribution in [2.75, 3.05) is 17.8 Å². The van der Waals surface area contributed by atoms with Gasteiger partial charge in [-0.3, -0.25) is 14.3 Å². The largest absolute Gasteiger partial charge is 0.355 e. The number of hydrogen-bond acceptors (Lipinski definition) is 4. The summed E-state index contributed by atoms with van der Waals surface area (Å²) in [4.78, 5) is 27.0. The SMILES string of the molecule is CCNC(=O)C1CCCN1C(=O)c1cccc(NS(=O)(=O)c2ccc(C)cc2C)c1. The number of likely N-dealkylation sites (N-methyl/N-ethyl adjacent to an activating group) is 1.